The van der Waals surface area contributed by atoms with Gasteiger partial charge < -0.3 is 10.6 Å². The summed E-state index contributed by atoms with van der Waals surface area (Å²) in [6.45, 7) is 0. The van der Waals surface area contributed by atoms with Gasteiger partial charge in [0.05, 0.1) is 14.0 Å². The van der Waals surface area contributed by atoms with Crippen LogP contribution in [0.15, 0.2) is 50.4 Å². The molecule has 1 aromatic heterocycles. The van der Waals surface area contributed by atoms with E-state index in [9.17, 15) is 13.2 Å². The largest absolute Gasteiger partial charge is 0.347 e. The molecule has 2 aliphatic heterocycles. The number of sulfonamides is 1. The zero-order valence-corrected chi connectivity index (χ0v) is 16.3. The third kappa shape index (κ3) is 3.81. The van der Waals surface area contributed by atoms with Crippen LogP contribution in [0.1, 0.15) is 28.9 Å². The Morgan fingerprint density at radius 3 is 2.81 bits per heavy atom. The van der Waals surface area contributed by atoms with Crippen LogP contribution in [0.25, 0.3) is 0 Å². The quantitative estimate of drug-likeness (QED) is 0.703. The predicted molar refractivity (Wildman–Crippen MR) is 102 cm³/mol. The second-order valence-corrected chi connectivity index (χ2v) is 10.6. The lowest BCUT2D eigenvalue weighted by Crippen LogP contribution is -2.42. The van der Waals surface area contributed by atoms with Crippen LogP contribution in [0.2, 0.25) is 0 Å². The Morgan fingerprint density at radius 2 is 2.12 bits per heavy atom. The van der Waals surface area contributed by atoms with E-state index in [0.29, 0.717) is 17.0 Å². The molecule has 0 saturated carbocycles. The van der Waals surface area contributed by atoms with Gasteiger partial charge in [0.25, 0.3) is 5.91 Å². The van der Waals surface area contributed by atoms with Gasteiger partial charge in [0.2, 0.25) is 10.0 Å². The molecule has 1 aromatic carbocycles. The van der Waals surface area contributed by atoms with E-state index in [0.717, 1.165) is 21.9 Å². The zero-order valence-electron chi connectivity index (χ0n) is 13.8. The fourth-order valence-electron chi connectivity index (χ4n) is 3.55. The number of fused-ring (bicyclic) bond motifs is 2. The fraction of sp³-hybridized carbons (Fsp3) is 0.353. The maximum absolute atomic E-state index is 12.5. The first kappa shape index (κ1) is 18.0. The topological polar surface area (TPSA) is 101 Å². The molecule has 3 heterocycles. The van der Waals surface area contributed by atoms with E-state index >= 15 is 0 Å². The molecule has 9 heteroatoms. The Balaban J connectivity index is 1.42. The first-order chi connectivity index (χ1) is 12.4. The highest BCUT2D eigenvalue weighted by Gasteiger charge is 2.39. The molecule has 0 radical (unpaired) electrons. The number of hydrogen-bond acceptors (Lipinski definition) is 6. The number of nitrogens with two attached hydrogens (primary N) is 1. The maximum Gasteiger partial charge on any atom is 0.261 e. The summed E-state index contributed by atoms with van der Waals surface area (Å²) < 4.78 is 23.9. The summed E-state index contributed by atoms with van der Waals surface area (Å²) in [6, 6.07) is 11.3. The third-order valence-corrected chi connectivity index (χ3v) is 7.89. The zero-order chi connectivity index (χ0) is 18.3. The lowest BCUT2D eigenvalue weighted by Gasteiger charge is -2.20. The Hall–Kier alpha value is -1.39. The van der Waals surface area contributed by atoms with E-state index in [4.69, 9.17) is 5.14 Å². The van der Waals surface area contributed by atoms with Gasteiger partial charge in [-0.1, -0.05) is 17.8 Å². The molecule has 6 nitrogen and oxygen atoms in total. The first-order valence-electron chi connectivity index (χ1n) is 8.36. The van der Waals surface area contributed by atoms with Crippen molar-refractivity contribution in [2.24, 2.45) is 5.14 Å². The van der Waals surface area contributed by atoms with E-state index in [1.165, 1.54) is 35.6 Å². The number of nitrogens with one attached hydrogen (secondary N) is 2. The van der Waals surface area contributed by atoms with E-state index < -0.39 is 10.0 Å². The van der Waals surface area contributed by atoms with Crippen LogP contribution in [0, 0.1) is 0 Å². The molecule has 2 aromatic rings. The predicted octanol–water partition coefficient (Wildman–Crippen LogP) is 2.17. The molecule has 2 aliphatic rings. The highest BCUT2D eigenvalue weighted by atomic mass is 32.2. The molecular weight excluding hydrogens is 390 g/mol. The highest BCUT2D eigenvalue weighted by Crippen LogP contribution is 2.34. The van der Waals surface area contributed by atoms with Gasteiger partial charge >= 0.3 is 0 Å². The standard InChI is InChI=1S/C17H19N3O3S3/c18-26(22,23)12-3-1-2-11(9-12)24-16-7-6-15(25-16)17(21)20-14-8-10-4-5-13(14)19-10/h1-3,6-7,9-10,13-14,19H,4-5,8H2,(H,20,21)(H2,18,22,23). The molecule has 0 aliphatic carbocycles. The molecule has 3 unspecified atom stereocenters. The summed E-state index contributed by atoms with van der Waals surface area (Å²) in [5, 5.41) is 11.8. The summed E-state index contributed by atoms with van der Waals surface area (Å²) in [4.78, 5) is 14.0. The third-order valence-electron chi connectivity index (χ3n) is 4.77. The molecule has 2 bridgehead atoms. The number of amides is 1. The van der Waals surface area contributed by atoms with E-state index in [2.05, 4.69) is 10.6 Å². The van der Waals surface area contributed by atoms with Gasteiger partial charge in [0.1, 0.15) is 0 Å². The summed E-state index contributed by atoms with van der Waals surface area (Å²) in [6.07, 6.45) is 3.33. The van der Waals surface area contributed by atoms with Crippen molar-refractivity contribution >= 4 is 39.0 Å². The van der Waals surface area contributed by atoms with Crippen molar-refractivity contribution in [1.82, 2.24) is 10.6 Å². The average Bonchev–Trinajstić information content (AvgIpc) is 3.31. The van der Waals surface area contributed by atoms with Crippen LogP contribution in [0.4, 0.5) is 0 Å². The maximum atomic E-state index is 12.5. The number of hydrogen-bond donors (Lipinski definition) is 3. The molecule has 4 rings (SSSR count). The van der Waals surface area contributed by atoms with E-state index in [1.807, 2.05) is 18.2 Å². The van der Waals surface area contributed by atoms with Crippen LogP contribution < -0.4 is 15.8 Å². The second kappa shape index (κ2) is 6.97. The highest BCUT2D eigenvalue weighted by molar-refractivity contribution is 8.01. The summed E-state index contributed by atoms with van der Waals surface area (Å²) in [5.41, 5.74) is 0. The minimum atomic E-state index is -3.72. The summed E-state index contributed by atoms with van der Waals surface area (Å²) >= 11 is 2.82. The van der Waals surface area contributed by atoms with Gasteiger partial charge in [0, 0.05) is 23.0 Å². The molecule has 0 spiro atoms. The van der Waals surface area contributed by atoms with Gasteiger partial charge in [-0.25, -0.2) is 13.6 Å². The molecule has 3 atom stereocenters. The lowest BCUT2D eigenvalue weighted by atomic mass is 9.95. The fourth-order valence-corrected chi connectivity index (χ4v) is 6.25. The number of carbonyl (C=O) groups excluding carboxylic acids is 1. The average molecular weight is 410 g/mol. The van der Waals surface area contributed by atoms with Crippen LogP contribution >= 0.6 is 23.1 Å². The SMILES string of the molecule is NS(=O)(=O)c1cccc(Sc2ccc(C(=O)NC3CC4CCC3N4)s2)c1. The monoisotopic (exact) mass is 409 g/mol. The summed E-state index contributed by atoms with van der Waals surface area (Å²) in [7, 11) is -3.72. The Bertz CT molecular complexity index is 941. The minimum absolute atomic E-state index is 0.0421. The number of rotatable bonds is 5. The molecule has 2 fully saturated rings. The lowest BCUT2D eigenvalue weighted by molar-refractivity contribution is 0.0935. The van der Waals surface area contributed by atoms with Gasteiger partial charge in [-0.05, 0) is 49.6 Å². The Kier molecular flexibility index (Phi) is 4.83. The Morgan fingerprint density at radius 1 is 1.27 bits per heavy atom. The van der Waals surface area contributed by atoms with Crippen molar-refractivity contribution in [3.05, 3.63) is 41.3 Å². The van der Waals surface area contributed by atoms with Crippen LogP contribution in [0.5, 0.6) is 0 Å². The number of carbonyl (C=O) groups is 1. The van der Waals surface area contributed by atoms with Gasteiger partial charge in [-0.3, -0.25) is 4.79 Å². The molecule has 4 N–H and O–H groups in total. The van der Waals surface area contributed by atoms with Crippen molar-refractivity contribution in [3.63, 3.8) is 0 Å². The normalized spacial score (nSPS) is 24.7. The van der Waals surface area contributed by atoms with Gasteiger partial charge in [-0.15, -0.1) is 11.3 Å². The molecule has 138 valence electrons. The first-order valence-corrected chi connectivity index (χ1v) is 11.5. The minimum Gasteiger partial charge on any atom is -0.347 e. The molecule has 2 saturated heterocycles. The van der Waals surface area contributed by atoms with Gasteiger partial charge in [0.15, 0.2) is 0 Å². The van der Waals surface area contributed by atoms with Crippen LogP contribution in [-0.2, 0) is 10.0 Å². The van der Waals surface area contributed by atoms with Crippen molar-refractivity contribution < 1.29 is 13.2 Å². The molecular formula is C17H19N3O3S3. The van der Waals surface area contributed by atoms with Crippen molar-refractivity contribution in [2.45, 2.75) is 51.4 Å². The van der Waals surface area contributed by atoms with Crippen LogP contribution in [0.3, 0.4) is 0 Å². The smallest absolute Gasteiger partial charge is 0.261 e. The van der Waals surface area contributed by atoms with Crippen molar-refractivity contribution in [2.75, 3.05) is 0 Å². The van der Waals surface area contributed by atoms with Crippen molar-refractivity contribution in [3.8, 4) is 0 Å². The van der Waals surface area contributed by atoms with Gasteiger partial charge in [-0.2, -0.15) is 0 Å². The van der Waals surface area contributed by atoms with Crippen LogP contribution in [-0.4, -0.2) is 32.5 Å². The Labute approximate surface area is 160 Å². The number of thiophene rings is 1. The number of benzene rings is 1. The molecule has 26 heavy (non-hydrogen) atoms. The number of primary sulfonamides is 1. The van der Waals surface area contributed by atoms with E-state index in [1.54, 1.807) is 12.1 Å². The van der Waals surface area contributed by atoms with Crippen molar-refractivity contribution in [1.29, 1.82) is 0 Å². The van der Waals surface area contributed by atoms with E-state index in [-0.39, 0.29) is 16.8 Å². The molecule has 1 amide bonds. The second-order valence-electron chi connectivity index (χ2n) is 6.60. The summed E-state index contributed by atoms with van der Waals surface area (Å²) in [5.74, 6) is -0.0421.